The minimum atomic E-state index is -1.06. The van der Waals surface area contributed by atoms with Crippen molar-refractivity contribution < 1.29 is 14.3 Å². The van der Waals surface area contributed by atoms with Gasteiger partial charge in [-0.15, -0.1) is 0 Å². The lowest BCUT2D eigenvalue weighted by atomic mass is 10.4. The highest BCUT2D eigenvalue weighted by molar-refractivity contribution is 7.98. The lowest BCUT2D eigenvalue weighted by Gasteiger charge is -1.96. The van der Waals surface area contributed by atoms with Gasteiger partial charge in [0, 0.05) is 12.4 Å². The Kier molecular flexibility index (Phi) is 3.21. The van der Waals surface area contributed by atoms with E-state index in [4.69, 9.17) is 9.52 Å². The Bertz CT molecular complexity index is 484. The molecular weight excluding hydrogens is 228 g/mol. The first kappa shape index (κ1) is 10.7. The topological polar surface area (TPSA) is 76.2 Å². The first-order valence-electron chi connectivity index (χ1n) is 4.46. The number of furan rings is 1. The quantitative estimate of drug-likeness (QED) is 0.819. The van der Waals surface area contributed by atoms with Crippen LogP contribution in [0.3, 0.4) is 0 Å². The number of aromatic carboxylic acids is 1. The van der Waals surface area contributed by atoms with Gasteiger partial charge in [0.05, 0.1) is 11.9 Å². The summed E-state index contributed by atoms with van der Waals surface area (Å²) < 4.78 is 5.10. The third-order valence-corrected chi connectivity index (χ3v) is 2.71. The Morgan fingerprint density at radius 3 is 2.94 bits per heavy atom. The van der Waals surface area contributed by atoms with E-state index in [1.165, 1.54) is 17.8 Å². The number of aromatic nitrogens is 2. The van der Waals surface area contributed by atoms with Crippen molar-refractivity contribution >= 4 is 17.7 Å². The third kappa shape index (κ3) is 2.60. The van der Waals surface area contributed by atoms with E-state index in [1.54, 1.807) is 24.7 Å². The summed E-state index contributed by atoms with van der Waals surface area (Å²) in [5.41, 5.74) is 0. The van der Waals surface area contributed by atoms with Crippen LogP contribution in [0.5, 0.6) is 0 Å². The second-order valence-corrected chi connectivity index (χ2v) is 3.90. The Hall–Kier alpha value is -1.82. The maximum atomic E-state index is 10.6. The van der Waals surface area contributed by atoms with Crippen LogP contribution in [0.25, 0.3) is 0 Å². The molecule has 5 nitrogen and oxygen atoms in total. The van der Waals surface area contributed by atoms with Gasteiger partial charge in [-0.1, -0.05) is 11.8 Å². The molecule has 2 heterocycles. The van der Waals surface area contributed by atoms with Crippen molar-refractivity contribution in [2.45, 2.75) is 10.8 Å². The molecule has 6 heteroatoms. The zero-order valence-corrected chi connectivity index (χ0v) is 8.98. The number of rotatable bonds is 4. The molecule has 0 amide bonds. The minimum Gasteiger partial charge on any atom is -0.475 e. The summed E-state index contributed by atoms with van der Waals surface area (Å²) in [6, 6.07) is 3.09. The Morgan fingerprint density at radius 1 is 1.44 bits per heavy atom. The van der Waals surface area contributed by atoms with Crippen molar-refractivity contribution in [2.75, 3.05) is 0 Å². The average Bonchev–Trinajstić information content (AvgIpc) is 2.76. The monoisotopic (exact) mass is 236 g/mol. The molecule has 2 rings (SSSR count). The molecule has 0 saturated heterocycles. The van der Waals surface area contributed by atoms with E-state index in [9.17, 15) is 4.79 Å². The van der Waals surface area contributed by atoms with Crippen LogP contribution in [-0.4, -0.2) is 21.0 Å². The molecule has 0 unspecified atom stereocenters. The maximum Gasteiger partial charge on any atom is 0.371 e. The second kappa shape index (κ2) is 4.80. The molecule has 0 atom stereocenters. The highest BCUT2D eigenvalue weighted by atomic mass is 32.2. The molecule has 0 spiro atoms. The van der Waals surface area contributed by atoms with Crippen LogP contribution in [0.4, 0.5) is 0 Å². The van der Waals surface area contributed by atoms with Gasteiger partial charge in [0.1, 0.15) is 10.8 Å². The van der Waals surface area contributed by atoms with E-state index in [2.05, 4.69) is 9.97 Å². The van der Waals surface area contributed by atoms with Crippen molar-refractivity contribution in [1.29, 1.82) is 0 Å². The van der Waals surface area contributed by atoms with Crippen LogP contribution in [-0.2, 0) is 5.75 Å². The van der Waals surface area contributed by atoms with Gasteiger partial charge in [0.15, 0.2) is 0 Å². The minimum absolute atomic E-state index is 0.0465. The van der Waals surface area contributed by atoms with Crippen LogP contribution in [0, 0.1) is 0 Å². The molecule has 0 bridgehead atoms. The largest absolute Gasteiger partial charge is 0.475 e. The van der Waals surface area contributed by atoms with Crippen LogP contribution >= 0.6 is 11.8 Å². The normalized spacial score (nSPS) is 10.2. The lowest BCUT2D eigenvalue weighted by Crippen LogP contribution is -1.91. The summed E-state index contributed by atoms with van der Waals surface area (Å²) in [4.78, 5) is 18.6. The summed E-state index contributed by atoms with van der Waals surface area (Å²) >= 11 is 1.44. The molecule has 0 aliphatic rings. The summed E-state index contributed by atoms with van der Waals surface area (Å²) in [5.74, 6) is 0.0324. The molecule has 0 aliphatic heterocycles. The fourth-order valence-electron chi connectivity index (χ4n) is 1.08. The summed E-state index contributed by atoms with van der Waals surface area (Å²) in [6.45, 7) is 0. The standard InChI is InChI=1S/C10H8N2O3S/c13-10(14)8-2-1-7(15-8)6-16-9-5-11-3-4-12-9/h1-5H,6H2,(H,13,14). The lowest BCUT2D eigenvalue weighted by molar-refractivity contribution is 0.0661. The first-order valence-corrected chi connectivity index (χ1v) is 5.45. The molecule has 82 valence electrons. The smallest absolute Gasteiger partial charge is 0.371 e. The van der Waals surface area contributed by atoms with Gasteiger partial charge in [0.25, 0.3) is 0 Å². The molecule has 0 fully saturated rings. The van der Waals surface area contributed by atoms with Crippen LogP contribution in [0.15, 0.2) is 40.2 Å². The zero-order chi connectivity index (χ0) is 11.4. The van der Waals surface area contributed by atoms with Crippen LogP contribution in [0.2, 0.25) is 0 Å². The van der Waals surface area contributed by atoms with Crippen molar-refractivity contribution in [3.63, 3.8) is 0 Å². The number of hydrogen-bond donors (Lipinski definition) is 1. The number of carboxylic acids is 1. The number of hydrogen-bond acceptors (Lipinski definition) is 5. The van der Waals surface area contributed by atoms with Crippen molar-refractivity contribution in [1.82, 2.24) is 9.97 Å². The molecule has 1 N–H and O–H groups in total. The van der Waals surface area contributed by atoms with Gasteiger partial charge in [-0.3, -0.25) is 4.98 Å². The van der Waals surface area contributed by atoms with E-state index >= 15 is 0 Å². The maximum absolute atomic E-state index is 10.6. The summed E-state index contributed by atoms with van der Waals surface area (Å²) in [5, 5.41) is 9.43. The van der Waals surface area contributed by atoms with Crippen molar-refractivity contribution in [2.24, 2.45) is 0 Å². The van der Waals surface area contributed by atoms with Gasteiger partial charge in [-0.2, -0.15) is 0 Å². The number of carboxylic acid groups (broad SMARTS) is 1. The Morgan fingerprint density at radius 2 is 2.31 bits per heavy atom. The van der Waals surface area contributed by atoms with E-state index < -0.39 is 5.97 Å². The van der Waals surface area contributed by atoms with Crippen molar-refractivity contribution in [3.8, 4) is 0 Å². The van der Waals surface area contributed by atoms with E-state index in [0.29, 0.717) is 11.5 Å². The third-order valence-electron chi connectivity index (χ3n) is 1.77. The van der Waals surface area contributed by atoms with Gasteiger partial charge < -0.3 is 9.52 Å². The Labute approximate surface area is 95.5 Å². The molecular formula is C10H8N2O3S. The molecule has 0 radical (unpaired) electrons. The number of nitrogens with zero attached hydrogens (tertiary/aromatic N) is 2. The van der Waals surface area contributed by atoms with E-state index in [0.717, 1.165) is 5.03 Å². The highest BCUT2D eigenvalue weighted by Crippen LogP contribution is 2.20. The predicted molar refractivity (Wildman–Crippen MR) is 57.3 cm³/mol. The first-order chi connectivity index (χ1) is 7.75. The zero-order valence-electron chi connectivity index (χ0n) is 8.16. The fourth-order valence-corrected chi connectivity index (χ4v) is 1.79. The van der Waals surface area contributed by atoms with Crippen LogP contribution in [0.1, 0.15) is 16.3 Å². The van der Waals surface area contributed by atoms with E-state index in [-0.39, 0.29) is 5.76 Å². The predicted octanol–water partition coefficient (Wildman–Crippen LogP) is 2.06. The van der Waals surface area contributed by atoms with Gasteiger partial charge in [-0.25, -0.2) is 9.78 Å². The fraction of sp³-hybridized carbons (Fsp3) is 0.100. The molecule has 16 heavy (non-hydrogen) atoms. The molecule has 0 aliphatic carbocycles. The Balaban J connectivity index is 1.97. The molecule has 2 aromatic heterocycles. The van der Waals surface area contributed by atoms with E-state index in [1.807, 2.05) is 0 Å². The van der Waals surface area contributed by atoms with Gasteiger partial charge >= 0.3 is 5.97 Å². The van der Waals surface area contributed by atoms with Crippen LogP contribution < -0.4 is 0 Å². The number of carbonyl (C=O) groups is 1. The number of thioether (sulfide) groups is 1. The summed E-state index contributed by atoms with van der Waals surface area (Å²) in [6.07, 6.45) is 4.85. The highest BCUT2D eigenvalue weighted by Gasteiger charge is 2.09. The average molecular weight is 236 g/mol. The second-order valence-electron chi connectivity index (χ2n) is 2.90. The van der Waals surface area contributed by atoms with Crippen molar-refractivity contribution in [3.05, 3.63) is 42.2 Å². The SMILES string of the molecule is O=C(O)c1ccc(CSc2cnccn2)o1. The van der Waals surface area contributed by atoms with Gasteiger partial charge in [0.2, 0.25) is 5.76 Å². The van der Waals surface area contributed by atoms with Gasteiger partial charge in [-0.05, 0) is 12.1 Å². The molecule has 0 saturated carbocycles. The summed E-state index contributed by atoms with van der Waals surface area (Å²) in [7, 11) is 0. The molecule has 2 aromatic rings. The molecule has 0 aromatic carbocycles.